The van der Waals surface area contributed by atoms with Gasteiger partial charge in [0.15, 0.2) is 0 Å². The zero-order valence-corrected chi connectivity index (χ0v) is 13.8. The van der Waals surface area contributed by atoms with E-state index in [-0.39, 0.29) is 12.0 Å². The standard InChI is InChI=1S/C16H18N2O3S/c1-10(2)21-16(20)12-7-5-6-8-13(12)18(4)15(19)14-11(3)17-9-22-14/h5-10H,1-4H3. The molecule has 1 amide bonds. The highest BCUT2D eigenvalue weighted by Gasteiger charge is 2.23. The number of rotatable bonds is 4. The maximum atomic E-state index is 12.6. The molecule has 0 N–H and O–H groups in total. The number of thiazole rings is 1. The molecule has 5 nitrogen and oxygen atoms in total. The number of hydrogen-bond acceptors (Lipinski definition) is 5. The zero-order chi connectivity index (χ0) is 16.3. The first-order valence-corrected chi connectivity index (χ1v) is 7.78. The predicted octanol–water partition coefficient (Wildman–Crippen LogP) is 3.29. The fourth-order valence-electron chi connectivity index (χ4n) is 1.99. The van der Waals surface area contributed by atoms with Gasteiger partial charge in [0.1, 0.15) is 4.88 Å². The minimum atomic E-state index is -0.439. The van der Waals surface area contributed by atoms with E-state index in [0.29, 0.717) is 21.8 Å². The number of para-hydroxylation sites is 1. The van der Waals surface area contributed by atoms with Crippen LogP contribution >= 0.6 is 11.3 Å². The first-order chi connectivity index (χ1) is 10.4. The largest absolute Gasteiger partial charge is 0.459 e. The van der Waals surface area contributed by atoms with Gasteiger partial charge in [-0.25, -0.2) is 9.78 Å². The average molecular weight is 318 g/mol. The molecule has 0 aliphatic rings. The van der Waals surface area contributed by atoms with E-state index in [1.807, 2.05) is 0 Å². The molecule has 0 aliphatic heterocycles. The summed E-state index contributed by atoms with van der Waals surface area (Å²) in [5, 5.41) is 0. The Kier molecular flexibility index (Phi) is 4.92. The van der Waals surface area contributed by atoms with E-state index < -0.39 is 5.97 Å². The molecule has 0 saturated heterocycles. The van der Waals surface area contributed by atoms with Gasteiger partial charge in [0.25, 0.3) is 5.91 Å². The van der Waals surface area contributed by atoms with E-state index in [9.17, 15) is 9.59 Å². The van der Waals surface area contributed by atoms with Crippen LogP contribution in [0.3, 0.4) is 0 Å². The van der Waals surface area contributed by atoms with Crippen molar-refractivity contribution in [2.24, 2.45) is 0 Å². The molecule has 0 saturated carbocycles. The molecule has 0 bridgehead atoms. The molecule has 2 aromatic rings. The summed E-state index contributed by atoms with van der Waals surface area (Å²) in [5.74, 6) is -0.629. The Labute approximate surface area is 133 Å². The van der Waals surface area contributed by atoms with E-state index in [0.717, 1.165) is 0 Å². The van der Waals surface area contributed by atoms with Crippen LogP contribution in [0.5, 0.6) is 0 Å². The molecular weight excluding hydrogens is 300 g/mol. The fourth-order valence-corrected chi connectivity index (χ4v) is 2.76. The van der Waals surface area contributed by atoms with Gasteiger partial charge >= 0.3 is 5.97 Å². The summed E-state index contributed by atoms with van der Waals surface area (Å²) < 4.78 is 5.23. The Morgan fingerprint density at radius 2 is 1.95 bits per heavy atom. The topological polar surface area (TPSA) is 59.5 Å². The third-order valence-corrected chi connectivity index (χ3v) is 3.99. The third-order valence-electron chi connectivity index (χ3n) is 3.07. The zero-order valence-electron chi connectivity index (χ0n) is 13.0. The van der Waals surface area contributed by atoms with Crippen LogP contribution in [0.2, 0.25) is 0 Å². The van der Waals surface area contributed by atoms with E-state index >= 15 is 0 Å². The number of aromatic nitrogens is 1. The van der Waals surface area contributed by atoms with Crippen LogP contribution in [0.1, 0.15) is 39.6 Å². The van der Waals surface area contributed by atoms with Crippen LogP contribution in [0, 0.1) is 6.92 Å². The third kappa shape index (κ3) is 3.33. The van der Waals surface area contributed by atoms with Gasteiger partial charge in [0, 0.05) is 7.05 Å². The number of esters is 1. The predicted molar refractivity (Wildman–Crippen MR) is 86.6 cm³/mol. The number of carbonyl (C=O) groups is 2. The summed E-state index contributed by atoms with van der Waals surface area (Å²) in [6.45, 7) is 5.36. The second-order valence-electron chi connectivity index (χ2n) is 5.10. The molecule has 0 unspecified atom stereocenters. The Morgan fingerprint density at radius 1 is 1.27 bits per heavy atom. The number of aryl methyl sites for hydroxylation is 1. The van der Waals surface area contributed by atoms with Gasteiger partial charge in [-0.05, 0) is 32.9 Å². The first kappa shape index (κ1) is 16.2. The van der Waals surface area contributed by atoms with Crippen LogP contribution in [0.4, 0.5) is 5.69 Å². The second kappa shape index (κ2) is 6.70. The molecule has 22 heavy (non-hydrogen) atoms. The molecule has 116 valence electrons. The molecule has 0 aliphatic carbocycles. The number of carbonyl (C=O) groups excluding carboxylic acids is 2. The summed E-state index contributed by atoms with van der Waals surface area (Å²) >= 11 is 1.29. The molecule has 0 fully saturated rings. The number of nitrogens with zero attached hydrogens (tertiary/aromatic N) is 2. The number of amides is 1. The minimum Gasteiger partial charge on any atom is -0.459 e. The lowest BCUT2D eigenvalue weighted by Gasteiger charge is -2.20. The van der Waals surface area contributed by atoms with Crippen molar-refractivity contribution in [2.75, 3.05) is 11.9 Å². The van der Waals surface area contributed by atoms with Gasteiger partial charge in [0.2, 0.25) is 0 Å². The molecule has 1 aromatic carbocycles. The highest BCUT2D eigenvalue weighted by atomic mass is 32.1. The summed E-state index contributed by atoms with van der Waals surface area (Å²) in [6.07, 6.45) is -0.217. The Hall–Kier alpha value is -2.21. The van der Waals surface area contributed by atoms with Gasteiger partial charge < -0.3 is 9.64 Å². The summed E-state index contributed by atoms with van der Waals surface area (Å²) in [5.41, 5.74) is 3.21. The van der Waals surface area contributed by atoms with Crippen molar-refractivity contribution in [2.45, 2.75) is 26.9 Å². The second-order valence-corrected chi connectivity index (χ2v) is 5.96. The van der Waals surface area contributed by atoms with Crippen molar-refractivity contribution in [1.29, 1.82) is 0 Å². The van der Waals surface area contributed by atoms with E-state index in [4.69, 9.17) is 4.74 Å². The van der Waals surface area contributed by atoms with Crippen LogP contribution < -0.4 is 4.90 Å². The first-order valence-electron chi connectivity index (χ1n) is 6.90. The lowest BCUT2D eigenvalue weighted by Crippen LogP contribution is -2.28. The molecule has 1 heterocycles. The van der Waals surface area contributed by atoms with Gasteiger partial charge in [-0.15, -0.1) is 11.3 Å². The van der Waals surface area contributed by atoms with Crippen molar-refractivity contribution in [3.63, 3.8) is 0 Å². The number of benzene rings is 1. The van der Waals surface area contributed by atoms with E-state index in [2.05, 4.69) is 4.98 Å². The SMILES string of the molecule is Cc1ncsc1C(=O)N(C)c1ccccc1C(=O)OC(C)C. The Balaban J connectivity index is 2.34. The number of ether oxygens (including phenoxy) is 1. The molecular formula is C16H18N2O3S. The van der Waals surface area contributed by atoms with Crippen LogP contribution in [0.15, 0.2) is 29.8 Å². The van der Waals surface area contributed by atoms with E-state index in [1.54, 1.807) is 57.6 Å². The minimum absolute atomic E-state index is 0.190. The highest BCUT2D eigenvalue weighted by Crippen LogP contribution is 2.24. The van der Waals surface area contributed by atoms with Crippen LogP contribution in [-0.2, 0) is 4.74 Å². The molecule has 6 heteroatoms. The lowest BCUT2D eigenvalue weighted by atomic mass is 10.1. The normalized spacial score (nSPS) is 10.6. The number of hydrogen-bond donors (Lipinski definition) is 0. The average Bonchev–Trinajstić information content (AvgIpc) is 2.91. The summed E-state index contributed by atoms with van der Waals surface area (Å²) in [4.78, 5) is 30.9. The van der Waals surface area contributed by atoms with Gasteiger partial charge in [-0.1, -0.05) is 12.1 Å². The van der Waals surface area contributed by atoms with Crippen molar-refractivity contribution < 1.29 is 14.3 Å². The van der Waals surface area contributed by atoms with Crippen molar-refractivity contribution >= 4 is 28.9 Å². The maximum Gasteiger partial charge on any atom is 0.340 e. The summed E-state index contributed by atoms with van der Waals surface area (Å²) in [6, 6.07) is 6.91. The number of anilines is 1. The van der Waals surface area contributed by atoms with Crippen LogP contribution in [0.25, 0.3) is 0 Å². The van der Waals surface area contributed by atoms with Crippen molar-refractivity contribution in [3.8, 4) is 0 Å². The van der Waals surface area contributed by atoms with Gasteiger partial charge in [-0.2, -0.15) is 0 Å². The molecule has 2 rings (SSSR count). The van der Waals surface area contributed by atoms with Gasteiger partial charge in [-0.3, -0.25) is 4.79 Å². The Morgan fingerprint density at radius 3 is 2.55 bits per heavy atom. The fraction of sp³-hybridized carbons (Fsp3) is 0.312. The molecule has 0 radical (unpaired) electrons. The monoisotopic (exact) mass is 318 g/mol. The van der Waals surface area contributed by atoms with Crippen molar-refractivity contribution in [3.05, 3.63) is 45.9 Å². The lowest BCUT2D eigenvalue weighted by molar-refractivity contribution is 0.0379. The smallest absolute Gasteiger partial charge is 0.340 e. The molecule has 0 spiro atoms. The van der Waals surface area contributed by atoms with E-state index in [1.165, 1.54) is 16.2 Å². The van der Waals surface area contributed by atoms with Crippen LogP contribution in [-0.4, -0.2) is 30.0 Å². The Bertz CT molecular complexity index is 694. The molecule has 1 aromatic heterocycles. The summed E-state index contributed by atoms with van der Waals surface area (Å²) in [7, 11) is 1.64. The maximum absolute atomic E-state index is 12.6. The highest BCUT2D eigenvalue weighted by molar-refractivity contribution is 7.12. The molecule has 0 atom stereocenters. The van der Waals surface area contributed by atoms with Gasteiger partial charge in [0.05, 0.1) is 28.6 Å². The van der Waals surface area contributed by atoms with Crippen molar-refractivity contribution in [1.82, 2.24) is 4.98 Å². The quantitative estimate of drug-likeness (QED) is 0.812.